The van der Waals surface area contributed by atoms with Crippen molar-refractivity contribution in [2.45, 2.75) is 18.7 Å². The first-order valence-electron chi connectivity index (χ1n) is 6.09. The lowest BCUT2D eigenvalue weighted by atomic mass is 10.2. The Morgan fingerprint density at radius 3 is 2.14 bits per heavy atom. The van der Waals surface area contributed by atoms with Crippen molar-refractivity contribution in [2.75, 3.05) is 0 Å². The molecule has 0 aliphatic heterocycles. The first kappa shape index (κ1) is 15.8. The van der Waals surface area contributed by atoms with Crippen LogP contribution in [0.2, 0.25) is 0 Å². The quantitative estimate of drug-likeness (QED) is 0.737. The maximum atomic E-state index is 12.2. The summed E-state index contributed by atoms with van der Waals surface area (Å²) in [5.74, 6) is -0.338. The molecular formula is C14H15O5PS. The summed E-state index contributed by atoms with van der Waals surface area (Å²) < 4.78 is 17.3. The van der Waals surface area contributed by atoms with E-state index < -0.39 is 6.80 Å². The van der Waals surface area contributed by atoms with Gasteiger partial charge in [-0.25, -0.2) is 4.57 Å². The average molecular weight is 326 g/mol. The zero-order valence-electron chi connectivity index (χ0n) is 11.5. The van der Waals surface area contributed by atoms with Gasteiger partial charge in [-0.15, -0.1) is 0 Å². The molecule has 0 spiro atoms. The smallest absolute Gasteiger partial charge is 0.442 e. The highest BCUT2D eigenvalue weighted by molar-refractivity contribution is 8.55. The molecule has 5 nitrogen and oxygen atoms in total. The summed E-state index contributed by atoms with van der Waals surface area (Å²) in [5.41, 5.74) is 1.20. The number of aryl methyl sites for hydroxylation is 2. The molecule has 0 radical (unpaired) electrons. The second-order valence-corrected chi connectivity index (χ2v) is 8.14. The van der Waals surface area contributed by atoms with E-state index in [0.29, 0.717) is 22.5 Å². The third kappa shape index (κ3) is 3.73. The monoisotopic (exact) mass is 326 g/mol. The number of phenols is 2. The maximum absolute atomic E-state index is 12.2. The van der Waals surface area contributed by atoms with Crippen LogP contribution in [-0.2, 0) is 4.57 Å². The van der Waals surface area contributed by atoms with Crippen LogP contribution in [0.4, 0.5) is 0 Å². The van der Waals surface area contributed by atoms with Crippen molar-refractivity contribution in [3.63, 3.8) is 0 Å². The Labute approximate surface area is 126 Å². The van der Waals surface area contributed by atoms with Crippen molar-refractivity contribution in [3.05, 3.63) is 47.5 Å². The van der Waals surface area contributed by atoms with E-state index in [-0.39, 0.29) is 22.1 Å². The Balaban J connectivity index is 2.29. The molecule has 0 aliphatic rings. The number of benzene rings is 2. The molecule has 7 heteroatoms. The van der Waals surface area contributed by atoms with E-state index in [9.17, 15) is 19.7 Å². The molecule has 0 aliphatic carbocycles. The molecule has 1 unspecified atom stereocenters. The van der Waals surface area contributed by atoms with Gasteiger partial charge in [-0.2, -0.15) is 0 Å². The number of hydrogen-bond donors (Lipinski definition) is 3. The minimum atomic E-state index is -4.15. The average Bonchev–Trinajstić information content (AvgIpc) is 2.39. The van der Waals surface area contributed by atoms with Gasteiger partial charge < -0.3 is 19.6 Å². The molecule has 1 atom stereocenters. The van der Waals surface area contributed by atoms with Crippen LogP contribution in [0.1, 0.15) is 11.1 Å². The fourth-order valence-corrected chi connectivity index (χ4v) is 4.61. The van der Waals surface area contributed by atoms with Gasteiger partial charge >= 0.3 is 6.80 Å². The Morgan fingerprint density at radius 2 is 1.57 bits per heavy atom. The predicted molar refractivity (Wildman–Crippen MR) is 82.0 cm³/mol. The SMILES string of the molecule is Cc1cccc(O)c1OP(=O)(O)Sc1c(C)cccc1O. The summed E-state index contributed by atoms with van der Waals surface area (Å²) >= 11 is 0.539. The fraction of sp³-hybridized carbons (Fsp3) is 0.143. The largest absolute Gasteiger partial charge is 0.507 e. The molecule has 0 saturated heterocycles. The lowest BCUT2D eigenvalue weighted by Gasteiger charge is -2.16. The number of para-hydroxylation sites is 1. The van der Waals surface area contributed by atoms with Crippen molar-refractivity contribution in [1.82, 2.24) is 0 Å². The third-order valence-electron chi connectivity index (χ3n) is 2.80. The Morgan fingerprint density at radius 1 is 1.00 bits per heavy atom. The van der Waals surface area contributed by atoms with Gasteiger partial charge in [0.25, 0.3) is 0 Å². The van der Waals surface area contributed by atoms with Gasteiger partial charge in [0.05, 0.1) is 4.90 Å². The highest BCUT2D eigenvalue weighted by atomic mass is 32.7. The van der Waals surface area contributed by atoms with E-state index in [1.165, 1.54) is 12.1 Å². The summed E-state index contributed by atoms with van der Waals surface area (Å²) in [6, 6.07) is 9.43. The van der Waals surface area contributed by atoms with E-state index in [0.717, 1.165) is 0 Å². The second-order valence-electron chi connectivity index (χ2n) is 4.50. The number of aromatic hydroxyl groups is 2. The molecule has 0 heterocycles. The molecule has 0 bridgehead atoms. The topological polar surface area (TPSA) is 87.0 Å². The molecule has 0 amide bonds. The van der Waals surface area contributed by atoms with Crippen LogP contribution in [0.5, 0.6) is 17.2 Å². The lowest BCUT2D eigenvalue weighted by Crippen LogP contribution is -1.92. The summed E-state index contributed by atoms with van der Waals surface area (Å²) in [5, 5.41) is 19.5. The van der Waals surface area contributed by atoms with Gasteiger partial charge in [0.2, 0.25) is 0 Å². The van der Waals surface area contributed by atoms with Gasteiger partial charge in [-0.1, -0.05) is 24.3 Å². The van der Waals surface area contributed by atoms with Crippen molar-refractivity contribution < 1.29 is 24.2 Å². The Hall–Kier alpha value is -1.62. The fourth-order valence-electron chi connectivity index (χ4n) is 1.76. The number of phenolic OH excluding ortho intramolecular Hbond substituents is 2. The minimum absolute atomic E-state index is 0.0380. The maximum Gasteiger partial charge on any atom is 0.442 e. The van der Waals surface area contributed by atoms with Crippen LogP contribution in [0.3, 0.4) is 0 Å². The first-order valence-corrected chi connectivity index (χ1v) is 9.09. The molecule has 21 heavy (non-hydrogen) atoms. The number of rotatable bonds is 4. The Kier molecular flexibility index (Phi) is 4.52. The van der Waals surface area contributed by atoms with Gasteiger partial charge in [0.1, 0.15) is 5.75 Å². The summed E-state index contributed by atoms with van der Waals surface area (Å²) in [6.45, 7) is -0.774. The van der Waals surface area contributed by atoms with Gasteiger partial charge in [0, 0.05) is 11.4 Å². The van der Waals surface area contributed by atoms with Gasteiger partial charge in [-0.05, 0) is 37.1 Å². The normalized spacial score (nSPS) is 13.7. The van der Waals surface area contributed by atoms with Crippen LogP contribution in [0.15, 0.2) is 41.3 Å². The van der Waals surface area contributed by atoms with E-state index in [1.807, 2.05) is 0 Å². The van der Waals surface area contributed by atoms with Crippen molar-refractivity contribution in [2.24, 2.45) is 0 Å². The highest BCUT2D eigenvalue weighted by Crippen LogP contribution is 2.62. The van der Waals surface area contributed by atoms with E-state index >= 15 is 0 Å². The van der Waals surface area contributed by atoms with E-state index in [2.05, 4.69) is 0 Å². The van der Waals surface area contributed by atoms with Crippen LogP contribution < -0.4 is 4.52 Å². The van der Waals surface area contributed by atoms with Crippen LogP contribution in [-0.4, -0.2) is 15.1 Å². The van der Waals surface area contributed by atoms with Gasteiger partial charge in [-0.3, -0.25) is 0 Å². The summed E-state index contributed by atoms with van der Waals surface area (Å²) in [7, 11) is 0. The summed E-state index contributed by atoms with van der Waals surface area (Å²) in [4.78, 5) is 10.3. The van der Waals surface area contributed by atoms with Crippen molar-refractivity contribution >= 4 is 18.2 Å². The molecule has 0 aromatic heterocycles. The lowest BCUT2D eigenvalue weighted by molar-refractivity contribution is 0.381. The van der Waals surface area contributed by atoms with Crippen LogP contribution in [0, 0.1) is 13.8 Å². The van der Waals surface area contributed by atoms with Crippen LogP contribution in [0.25, 0.3) is 0 Å². The molecule has 0 fully saturated rings. The predicted octanol–water partition coefficient (Wildman–Crippen LogP) is 3.99. The van der Waals surface area contributed by atoms with Crippen LogP contribution >= 0.6 is 18.2 Å². The van der Waals surface area contributed by atoms with Crippen molar-refractivity contribution in [3.8, 4) is 17.2 Å². The summed E-state index contributed by atoms with van der Waals surface area (Å²) in [6.07, 6.45) is 0. The van der Waals surface area contributed by atoms with Gasteiger partial charge in [0.15, 0.2) is 11.5 Å². The molecular weight excluding hydrogens is 311 g/mol. The Bertz CT molecular complexity index is 619. The van der Waals surface area contributed by atoms with Crippen molar-refractivity contribution in [1.29, 1.82) is 0 Å². The molecule has 3 N–H and O–H groups in total. The van der Waals surface area contributed by atoms with E-state index in [1.54, 1.807) is 38.1 Å². The molecule has 0 saturated carbocycles. The third-order valence-corrected chi connectivity index (χ3v) is 5.62. The molecule has 2 rings (SSSR count). The van der Waals surface area contributed by atoms with E-state index in [4.69, 9.17) is 4.52 Å². The zero-order valence-corrected chi connectivity index (χ0v) is 13.2. The molecule has 2 aromatic rings. The second kappa shape index (κ2) is 6.02. The standard InChI is InChI=1S/C14H15O5PS/c1-9-5-3-7-11(15)13(9)19-20(17,18)21-14-10(2)6-4-8-12(14)16/h3-8,15-16H,1-2H3,(H,17,18). The zero-order chi connectivity index (χ0) is 15.6. The first-order chi connectivity index (χ1) is 9.80. The molecule has 112 valence electrons. The molecule has 2 aromatic carbocycles. The minimum Gasteiger partial charge on any atom is -0.507 e. The highest BCUT2D eigenvalue weighted by Gasteiger charge is 2.28. The number of hydrogen-bond acceptors (Lipinski definition) is 5.